The standard InChI is InChI=1S/C21H39N5O/c1-22-20(24-18-8-13-25(16-18)19-6-2-3-7-19)23-17-21(9-14-27-15-10-21)26-11-4-5-12-26/h18-19H,2-17H2,1H3,(H2,22,23,24). The van der Waals surface area contributed by atoms with Crippen LogP contribution in [-0.2, 0) is 4.74 Å². The van der Waals surface area contributed by atoms with Crippen LogP contribution in [0.25, 0.3) is 0 Å². The number of ether oxygens (including phenoxy) is 1. The second kappa shape index (κ2) is 9.10. The highest BCUT2D eigenvalue weighted by Gasteiger charge is 2.40. The number of hydrogen-bond acceptors (Lipinski definition) is 4. The first-order valence-corrected chi connectivity index (χ1v) is 11.3. The van der Waals surface area contributed by atoms with Crippen LogP contribution in [0.3, 0.4) is 0 Å². The van der Waals surface area contributed by atoms with Crippen molar-refractivity contribution in [1.82, 2.24) is 20.4 Å². The topological polar surface area (TPSA) is 52.1 Å². The van der Waals surface area contributed by atoms with Crippen LogP contribution in [0, 0.1) is 0 Å². The van der Waals surface area contributed by atoms with E-state index in [1.165, 1.54) is 71.1 Å². The Balaban J connectivity index is 1.29. The molecule has 0 aromatic rings. The van der Waals surface area contributed by atoms with Crippen molar-refractivity contribution in [3.8, 4) is 0 Å². The van der Waals surface area contributed by atoms with E-state index in [1.54, 1.807) is 0 Å². The van der Waals surface area contributed by atoms with Crippen molar-refractivity contribution in [3.63, 3.8) is 0 Å². The molecule has 4 fully saturated rings. The largest absolute Gasteiger partial charge is 0.381 e. The predicted molar refractivity (Wildman–Crippen MR) is 110 cm³/mol. The monoisotopic (exact) mass is 377 g/mol. The molecule has 1 aliphatic carbocycles. The number of aliphatic imine (C=N–C) groups is 1. The van der Waals surface area contributed by atoms with Gasteiger partial charge in [-0.15, -0.1) is 0 Å². The van der Waals surface area contributed by atoms with Gasteiger partial charge in [-0.2, -0.15) is 0 Å². The summed E-state index contributed by atoms with van der Waals surface area (Å²) in [6, 6.07) is 1.38. The van der Waals surface area contributed by atoms with Crippen LogP contribution in [-0.4, -0.2) is 86.4 Å². The molecule has 4 aliphatic rings. The van der Waals surface area contributed by atoms with Gasteiger partial charge in [-0.1, -0.05) is 12.8 Å². The number of nitrogens with zero attached hydrogens (tertiary/aromatic N) is 3. The quantitative estimate of drug-likeness (QED) is 0.565. The third-order valence-corrected chi connectivity index (χ3v) is 7.41. The second-order valence-electron chi connectivity index (χ2n) is 9.02. The van der Waals surface area contributed by atoms with Crippen molar-refractivity contribution in [2.24, 2.45) is 4.99 Å². The van der Waals surface area contributed by atoms with E-state index in [4.69, 9.17) is 4.74 Å². The molecule has 1 atom stereocenters. The summed E-state index contributed by atoms with van der Waals surface area (Å²) in [6.45, 7) is 7.67. The van der Waals surface area contributed by atoms with Gasteiger partial charge in [-0.25, -0.2) is 0 Å². The van der Waals surface area contributed by atoms with E-state index in [0.717, 1.165) is 44.6 Å². The summed E-state index contributed by atoms with van der Waals surface area (Å²) in [6.07, 6.45) is 11.8. The fourth-order valence-electron chi connectivity index (χ4n) is 5.69. The predicted octanol–water partition coefficient (Wildman–Crippen LogP) is 1.81. The number of nitrogens with one attached hydrogen (secondary N) is 2. The summed E-state index contributed by atoms with van der Waals surface area (Å²) >= 11 is 0. The maximum absolute atomic E-state index is 5.68. The molecule has 6 heteroatoms. The molecule has 4 rings (SSSR count). The fourth-order valence-corrected chi connectivity index (χ4v) is 5.69. The molecule has 1 unspecified atom stereocenters. The molecule has 3 saturated heterocycles. The average molecular weight is 378 g/mol. The SMILES string of the molecule is CN=C(NCC1(N2CCCC2)CCOCC1)NC1CCN(C2CCCC2)C1. The highest BCUT2D eigenvalue weighted by Crippen LogP contribution is 2.31. The zero-order chi connectivity index (χ0) is 18.5. The van der Waals surface area contributed by atoms with Crippen molar-refractivity contribution in [2.45, 2.75) is 75.4 Å². The molecule has 1 saturated carbocycles. The number of likely N-dealkylation sites (tertiary alicyclic amines) is 2. The molecule has 2 N–H and O–H groups in total. The molecular weight excluding hydrogens is 338 g/mol. The van der Waals surface area contributed by atoms with Gasteiger partial charge in [0.05, 0.1) is 0 Å². The lowest BCUT2D eigenvalue weighted by Gasteiger charge is -2.45. The van der Waals surface area contributed by atoms with Crippen LogP contribution in [0.1, 0.15) is 57.8 Å². The lowest BCUT2D eigenvalue weighted by Crippen LogP contribution is -2.59. The summed E-state index contributed by atoms with van der Waals surface area (Å²) in [5, 5.41) is 7.41. The molecule has 0 aromatic carbocycles. The summed E-state index contributed by atoms with van der Waals surface area (Å²) in [4.78, 5) is 9.97. The first kappa shape index (κ1) is 19.5. The molecule has 27 heavy (non-hydrogen) atoms. The Kier molecular flexibility index (Phi) is 6.56. The zero-order valence-electron chi connectivity index (χ0n) is 17.2. The van der Waals surface area contributed by atoms with Gasteiger partial charge in [0.25, 0.3) is 0 Å². The van der Waals surface area contributed by atoms with Gasteiger partial charge >= 0.3 is 0 Å². The van der Waals surface area contributed by atoms with Gasteiger partial charge in [0.15, 0.2) is 5.96 Å². The highest BCUT2D eigenvalue weighted by atomic mass is 16.5. The van der Waals surface area contributed by atoms with E-state index >= 15 is 0 Å². The van der Waals surface area contributed by atoms with Crippen molar-refractivity contribution in [1.29, 1.82) is 0 Å². The van der Waals surface area contributed by atoms with Gasteiger partial charge in [0.1, 0.15) is 0 Å². The van der Waals surface area contributed by atoms with Crippen molar-refractivity contribution in [3.05, 3.63) is 0 Å². The second-order valence-corrected chi connectivity index (χ2v) is 9.02. The van der Waals surface area contributed by atoms with E-state index in [2.05, 4.69) is 25.4 Å². The number of rotatable bonds is 5. The summed E-state index contributed by atoms with van der Waals surface area (Å²) in [5.74, 6) is 0.985. The van der Waals surface area contributed by atoms with E-state index in [0.29, 0.717) is 6.04 Å². The molecule has 0 amide bonds. The minimum atomic E-state index is 0.248. The van der Waals surface area contributed by atoms with Gasteiger partial charge < -0.3 is 15.4 Å². The Morgan fingerprint density at radius 3 is 2.48 bits per heavy atom. The average Bonchev–Trinajstić information content (AvgIpc) is 3.48. The third kappa shape index (κ3) is 4.60. The first-order valence-electron chi connectivity index (χ1n) is 11.3. The van der Waals surface area contributed by atoms with Crippen LogP contribution < -0.4 is 10.6 Å². The van der Waals surface area contributed by atoms with Gasteiger partial charge in [0, 0.05) is 57.5 Å². The van der Waals surface area contributed by atoms with Crippen LogP contribution in [0.2, 0.25) is 0 Å². The smallest absolute Gasteiger partial charge is 0.191 e. The van der Waals surface area contributed by atoms with E-state index < -0.39 is 0 Å². The van der Waals surface area contributed by atoms with Crippen molar-refractivity contribution < 1.29 is 4.74 Å². The molecular formula is C21H39N5O. The Bertz CT molecular complexity index is 493. The molecule has 0 bridgehead atoms. The molecule has 3 aliphatic heterocycles. The van der Waals surface area contributed by atoms with E-state index in [9.17, 15) is 0 Å². The van der Waals surface area contributed by atoms with Crippen LogP contribution in [0.15, 0.2) is 4.99 Å². The normalized spacial score (nSPS) is 30.9. The summed E-state index contributed by atoms with van der Waals surface area (Å²) < 4.78 is 5.68. The van der Waals surface area contributed by atoms with Crippen molar-refractivity contribution in [2.75, 3.05) is 53.0 Å². The maximum Gasteiger partial charge on any atom is 0.191 e. The van der Waals surface area contributed by atoms with Crippen molar-refractivity contribution >= 4 is 5.96 Å². The molecule has 0 spiro atoms. The Labute approximate surface area is 165 Å². The molecule has 0 aromatic heterocycles. The van der Waals surface area contributed by atoms with E-state index in [1.807, 2.05) is 7.05 Å². The Hall–Kier alpha value is -0.850. The first-order chi connectivity index (χ1) is 13.3. The third-order valence-electron chi connectivity index (χ3n) is 7.41. The Morgan fingerprint density at radius 2 is 1.78 bits per heavy atom. The minimum absolute atomic E-state index is 0.248. The van der Waals surface area contributed by atoms with E-state index in [-0.39, 0.29) is 5.54 Å². The number of hydrogen-bond donors (Lipinski definition) is 2. The fraction of sp³-hybridized carbons (Fsp3) is 0.952. The molecule has 0 radical (unpaired) electrons. The van der Waals surface area contributed by atoms with Gasteiger partial charge in [-0.3, -0.25) is 14.8 Å². The maximum atomic E-state index is 5.68. The lowest BCUT2D eigenvalue weighted by atomic mass is 9.88. The number of guanidine groups is 1. The molecule has 154 valence electrons. The zero-order valence-corrected chi connectivity index (χ0v) is 17.2. The molecule has 6 nitrogen and oxygen atoms in total. The van der Waals surface area contributed by atoms with Crippen LogP contribution in [0.4, 0.5) is 0 Å². The minimum Gasteiger partial charge on any atom is -0.381 e. The Morgan fingerprint density at radius 1 is 1.04 bits per heavy atom. The molecule has 3 heterocycles. The summed E-state index contributed by atoms with van der Waals surface area (Å²) in [7, 11) is 1.91. The lowest BCUT2D eigenvalue weighted by molar-refractivity contribution is -0.0164. The summed E-state index contributed by atoms with van der Waals surface area (Å²) in [5.41, 5.74) is 0.248. The van der Waals surface area contributed by atoms with Crippen LogP contribution in [0.5, 0.6) is 0 Å². The van der Waals surface area contributed by atoms with Gasteiger partial charge in [-0.05, 0) is 58.0 Å². The highest BCUT2D eigenvalue weighted by molar-refractivity contribution is 5.80. The van der Waals surface area contributed by atoms with Gasteiger partial charge in [0.2, 0.25) is 0 Å². The van der Waals surface area contributed by atoms with Crippen LogP contribution >= 0.6 is 0 Å².